The SMILES string of the molecule is Cc1ccc(C(N)=S)cc1N1CCS(=O)(=O)CC1. The van der Waals surface area contributed by atoms with Crippen molar-refractivity contribution in [2.75, 3.05) is 29.5 Å². The summed E-state index contributed by atoms with van der Waals surface area (Å²) in [4.78, 5) is 2.44. The van der Waals surface area contributed by atoms with E-state index in [1.807, 2.05) is 25.1 Å². The summed E-state index contributed by atoms with van der Waals surface area (Å²) in [6.45, 7) is 3.07. The van der Waals surface area contributed by atoms with Gasteiger partial charge in [-0.15, -0.1) is 0 Å². The molecule has 2 rings (SSSR count). The van der Waals surface area contributed by atoms with Crippen LogP contribution in [0.4, 0.5) is 5.69 Å². The summed E-state index contributed by atoms with van der Waals surface area (Å²) < 4.78 is 22.8. The molecule has 6 heteroatoms. The van der Waals surface area contributed by atoms with Crippen molar-refractivity contribution < 1.29 is 8.42 Å². The Balaban J connectivity index is 2.28. The minimum absolute atomic E-state index is 0.212. The van der Waals surface area contributed by atoms with Crippen LogP contribution in [0, 0.1) is 6.92 Å². The molecule has 0 amide bonds. The first-order valence-corrected chi connectivity index (χ1v) is 7.98. The molecule has 4 nitrogen and oxygen atoms in total. The Bertz CT molecular complexity index is 568. The second-order valence-corrected chi connectivity index (χ2v) is 7.25. The molecule has 1 aromatic rings. The average molecular weight is 284 g/mol. The van der Waals surface area contributed by atoms with Gasteiger partial charge in [-0.3, -0.25) is 0 Å². The molecule has 0 aliphatic carbocycles. The molecule has 1 fully saturated rings. The highest BCUT2D eigenvalue weighted by atomic mass is 32.2. The van der Waals surface area contributed by atoms with Gasteiger partial charge in [0.25, 0.3) is 0 Å². The number of nitrogens with zero attached hydrogens (tertiary/aromatic N) is 1. The molecule has 1 heterocycles. The van der Waals surface area contributed by atoms with Gasteiger partial charge in [0.2, 0.25) is 0 Å². The molecule has 0 saturated carbocycles. The van der Waals surface area contributed by atoms with Gasteiger partial charge >= 0.3 is 0 Å². The topological polar surface area (TPSA) is 63.4 Å². The maximum absolute atomic E-state index is 11.4. The number of hydrogen-bond donors (Lipinski definition) is 1. The molecule has 0 unspecified atom stereocenters. The van der Waals surface area contributed by atoms with Crippen molar-refractivity contribution in [1.29, 1.82) is 0 Å². The van der Waals surface area contributed by atoms with Crippen molar-refractivity contribution in [1.82, 2.24) is 0 Å². The highest BCUT2D eigenvalue weighted by Gasteiger charge is 2.22. The molecule has 18 heavy (non-hydrogen) atoms. The van der Waals surface area contributed by atoms with E-state index in [2.05, 4.69) is 4.90 Å². The third-order valence-corrected chi connectivity index (χ3v) is 5.02. The number of nitrogens with two attached hydrogens (primary N) is 1. The van der Waals surface area contributed by atoms with Crippen LogP contribution in [-0.4, -0.2) is 38.0 Å². The van der Waals surface area contributed by atoms with E-state index in [9.17, 15) is 8.42 Å². The second kappa shape index (κ2) is 4.85. The standard InChI is InChI=1S/C12H16N2O2S2/c1-9-2-3-10(12(13)17)8-11(9)14-4-6-18(15,16)7-5-14/h2-3,8H,4-7H2,1H3,(H2,13,17). The molecule has 0 radical (unpaired) electrons. The minimum Gasteiger partial charge on any atom is -0.389 e. The van der Waals surface area contributed by atoms with E-state index in [1.165, 1.54) is 0 Å². The number of aryl methyl sites for hydroxylation is 1. The highest BCUT2D eigenvalue weighted by Crippen LogP contribution is 2.23. The van der Waals surface area contributed by atoms with Gasteiger partial charge in [-0.1, -0.05) is 24.4 Å². The van der Waals surface area contributed by atoms with Crippen LogP contribution in [0.5, 0.6) is 0 Å². The summed E-state index contributed by atoms with van der Waals surface area (Å²) >= 11 is 4.97. The number of hydrogen-bond acceptors (Lipinski definition) is 4. The largest absolute Gasteiger partial charge is 0.389 e. The maximum Gasteiger partial charge on any atom is 0.153 e. The number of rotatable bonds is 2. The fraction of sp³-hybridized carbons (Fsp3) is 0.417. The number of sulfone groups is 1. The first-order chi connectivity index (χ1) is 8.39. The number of benzene rings is 1. The lowest BCUT2D eigenvalue weighted by Gasteiger charge is -2.30. The van der Waals surface area contributed by atoms with E-state index in [-0.39, 0.29) is 11.5 Å². The van der Waals surface area contributed by atoms with E-state index in [0.29, 0.717) is 18.1 Å². The number of thiocarbonyl (C=S) groups is 1. The van der Waals surface area contributed by atoms with Crippen LogP contribution in [0.1, 0.15) is 11.1 Å². The van der Waals surface area contributed by atoms with Gasteiger partial charge in [-0.25, -0.2) is 8.42 Å². The third-order valence-electron chi connectivity index (χ3n) is 3.18. The second-order valence-electron chi connectivity index (χ2n) is 4.50. The molecule has 1 saturated heterocycles. The summed E-state index contributed by atoms with van der Waals surface area (Å²) in [6.07, 6.45) is 0. The lowest BCUT2D eigenvalue weighted by Crippen LogP contribution is -2.40. The highest BCUT2D eigenvalue weighted by molar-refractivity contribution is 7.91. The van der Waals surface area contributed by atoms with E-state index in [4.69, 9.17) is 18.0 Å². The lowest BCUT2D eigenvalue weighted by atomic mass is 10.1. The van der Waals surface area contributed by atoms with Gasteiger partial charge in [0.05, 0.1) is 11.5 Å². The molecule has 1 aromatic carbocycles. The van der Waals surface area contributed by atoms with Crippen LogP contribution in [0.2, 0.25) is 0 Å². The summed E-state index contributed by atoms with van der Waals surface area (Å²) in [5.41, 5.74) is 8.57. The Morgan fingerprint density at radius 1 is 1.33 bits per heavy atom. The first-order valence-electron chi connectivity index (χ1n) is 5.75. The third kappa shape index (κ3) is 2.81. The Morgan fingerprint density at radius 2 is 1.94 bits per heavy atom. The Morgan fingerprint density at radius 3 is 2.50 bits per heavy atom. The molecule has 0 bridgehead atoms. The van der Waals surface area contributed by atoms with Crippen LogP contribution in [0.25, 0.3) is 0 Å². The Kier molecular flexibility index (Phi) is 3.59. The predicted molar refractivity (Wildman–Crippen MR) is 77.9 cm³/mol. The smallest absolute Gasteiger partial charge is 0.153 e. The normalized spacial score (nSPS) is 18.6. The zero-order valence-electron chi connectivity index (χ0n) is 10.2. The first kappa shape index (κ1) is 13.3. The molecule has 0 atom stereocenters. The Hall–Kier alpha value is -1.14. The van der Waals surface area contributed by atoms with E-state index >= 15 is 0 Å². The summed E-state index contributed by atoms with van der Waals surface area (Å²) in [6, 6.07) is 5.80. The fourth-order valence-electron chi connectivity index (χ4n) is 2.06. The maximum atomic E-state index is 11.4. The van der Waals surface area contributed by atoms with Crippen molar-refractivity contribution in [3.63, 3.8) is 0 Å². The van der Waals surface area contributed by atoms with E-state index in [1.54, 1.807) is 0 Å². The minimum atomic E-state index is -2.86. The predicted octanol–water partition coefficient (Wildman–Crippen LogP) is 0.864. The summed E-state index contributed by atoms with van der Waals surface area (Å²) in [5.74, 6) is 0.424. The monoisotopic (exact) mass is 284 g/mol. The molecule has 0 spiro atoms. The van der Waals surface area contributed by atoms with Gasteiger partial charge in [0.15, 0.2) is 9.84 Å². The fourth-order valence-corrected chi connectivity index (χ4v) is 3.38. The molecule has 1 aliphatic rings. The van der Waals surface area contributed by atoms with Gasteiger partial charge in [-0.2, -0.15) is 0 Å². The van der Waals surface area contributed by atoms with E-state index in [0.717, 1.165) is 16.8 Å². The van der Waals surface area contributed by atoms with Gasteiger partial charge in [-0.05, 0) is 18.6 Å². The van der Waals surface area contributed by atoms with Crippen LogP contribution in [0.3, 0.4) is 0 Å². The van der Waals surface area contributed by atoms with Crippen LogP contribution in [-0.2, 0) is 9.84 Å². The van der Waals surface area contributed by atoms with Gasteiger partial charge < -0.3 is 10.6 Å². The molecule has 1 aliphatic heterocycles. The van der Waals surface area contributed by atoms with Crippen molar-refractivity contribution in [2.24, 2.45) is 5.73 Å². The van der Waals surface area contributed by atoms with Crippen molar-refractivity contribution in [2.45, 2.75) is 6.92 Å². The van der Waals surface area contributed by atoms with Crippen molar-refractivity contribution >= 4 is 32.7 Å². The number of anilines is 1. The summed E-state index contributed by atoms with van der Waals surface area (Å²) in [7, 11) is -2.86. The van der Waals surface area contributed by atoms with Crippen LogP contribution >= 0.6 is 12.2 Å². The zero-order valence-corrected chi connectivity index (χ0v) is 11.9. The van der Waals surface area contributed by atoms with Crippen molar-refractivity contribution in [3.05, 3.63) is 29.3 Å². The summed E-state index contributed by atoms with van der Waals surface area (Å²) in [5, 5.41) is 0. The average Bonchev–Trinajstić information content (AvgIpc) is 2.30. The van der Waals surface area contributed by atoms with Crippen molar-refractivity contribution in [3.8, 4) is 0 Å². The van der Waals surface area contributed by atoms with Gasteiger partial charge in [0, 0.05) is 24.3 Å². The van der Waals surface area contributed by atoms with E-state index < -0.39 is 9.84 Å². The van der Waals surface area contributed by atoms with Crippen LogP contribution in [0.15, 0.2) is 18.2 Å². The molecular weight excluding hydrogens is 268 g/mol. The molecule has 0 aromatic heterocycles. The lowest BCUT2D eigenvalue weighted by molar-refractivity contribution is 0.586. The molecule has 2 N–H and O–H groups in total. The Labute approximate surface area is 113 Å². The quantitative estimate of drug-likeness (QED) is 0.816. The molecular formula is C12H16N2O2S2. The molecule has 98 valence electrons. The van der Waals surface area contributed by atoms with Gasteiger partial charge in [0.1, 0.15) is 4.99 Å². The van der Waals surface area contributed by atoms with Crippen LogP contribution < -0.4 is 10.6 Å². The zero-order chi connectivity index (χ0) is 13.3.